The van der Waals surface area contributed by atoms with Crippen LogP contribution in [0.3, 0.4) is 0 Å². The van der Waals surface area contributed by atoms with Crippen LogP contribution in [0.15, 0.2) is 18.2 Å². The molecule has 0 saturated carbocycles. The highest BCUT2D eigenvalue weighted by atomic mass is 14.9. The van der Waals surface area contributed by atoms with Crippen molar-refractivity contribution in [1.82, 2.24) is 4.57 Å². The van der Waals surface area contributed by atoms with Crippen molar-refractivity contribution in [3.05, 3.63) is 35.0 Å². The van der Waals surface area contributed by atoms with Crippen molar-refractivity contribution >= 4 is 10.9 Å². The maximum Gasteiger partial charge on any atom is 0.0482 e. The normalized spacial score (nSPS) is 11.2. The molecule has 15 heavy (non-hydrogen) atoms. The van der Waals surface area contributed by atoms with Crippen LogP contribution in [-0.4, -0.2) is 4.57 Å². The lowest BCUT2D eigenvalue weighted by atomic mass is 10.0. The number of nitrogens with zero attached hydrogens (tertiary/aromatic N) is 1. The molecule has 0 radical (unpaired) electrons. The molecule has 0 atom stereocenters. The third-order valence-electron chi connectivity index (χ3n) is 3.28. The second kappa shape index (κ2) is 3.73. The van der Waals surface area contributed by atoms with E-state index in [0.29, 0.717) is 0 Å². The molecule has 0 aliphatic carbocycles. The number of rotatable bonds is 2. The summed E-state index contributed by atoms with van der Waals surface area (Å²) in [6.45, 7) is 6.63. The number of hydrogen-bond donors (Lipinski definition) is 0. The van der Waals surface area contributed by atoms with Crippen molar-refractivity contribution < 1.29 is 0 Å². The third-order valence-corrected chi connectivity index (χ3v) is 3.28. The second-order valence-electron chi connectivity index (χ2n) is 4.39. The average molecular weight is 201 g/mol. The summed E-state index contributed by atoms with van der Waals surface area (Å²) in [7, 11) is 2.16. The molecule has 1 aromatic carbocycles. The fourth-order valence-corrected chi connectivity index (χ4v) is 2.33. The van der Waals surface area contributed by atoms with Gasteiger partial charge in [0.1, 0.15) is 0 Å². The average Bonchev–Trinajstić information content (AvgIpc) is 2.44. The van der Waals surface area contributed by atoms with Gasteiger partial charge < -0.3 is 4.57 Å². The van der Waals surface area contributed by atoms with Crippen molar-refractivity contribution in [3.63, 3.8) is 0 Å². The van der Waals surface area contributed by atoms with Crippen molar-refractivity contribution in [2.75, 3.05) is 0 Å². The molecule has 0 fully saturated rings. The van der Waals surface area contributed by atoms with E-state index < -0.39 is 0 Å². The Morgan fingerprint density at radius 3 is 2.60 bits per heavy atom. The molecule has 0 aliphatic rings. The summed E-state index contributed by atoms with van der Waals surface area (Å²) < 4.78 is 2.31. The molecule has 1 heteroatoms. The van der Waals surface area contributed by atoms with Crippen molar-refractivity contribution in [1.29, 1.82) is 0 Å². The predicted molar refractivity (Wildman–Crippen MR) is 66.4 cm³/mol. The van der Waals surface area contributed by atoms with E-state index in [4.69, 9.17) is 0 Å². The van der Waals surface area contributed by atoms with Crippen LogP contribution in [0.25, 0.3) is 10.9 Å². The van der Waals surface area contributed by atoms with Gasteiger partial charge in [-0.25, -0.2) is 0 Å². The standard InChI is InChI=1S/C14H19N/c1-5-6-12-11(3)15(4)14-8-7-10(2)9-13(12)14/h7-9H,5-6H2,1-4H3. The molecule has 0 spiro atoms. The van der Waals surface area contributed by atoms with E-state index in [1.165, 1.54) is 40.6 Å². The Morgan fingerprint density at radius 2 is 1.93 bits per heavy atom. The Kier molecular flexibility index (Phi) is 2.56. The minimum absolute atomic E-state index is 1.19. The quantitative estimate of drug-likeness (QED) is 0.697. The number of hydrogen-bond acceptors (Lipinski definition) is 0. The van der Waals surface area contributed by atoms with Gasteiger partial charge in [-0.05, 0) is 38.0 Å². The molecule has 0 unspecified atom stereocenters. The lowest BCUT2D eigenvalue weighted by Crippen LogP contribution is -1.92. The molecule has 0 bridgehead atoms. The molecule has 0 N–H and O–H groups in total. The third kappa shape index (κ3) is 1.56. The Balaban J connectivity index is 2.76. The van der Waals surface area contributed by atoms with E-state index in [1.807, 2.05) is 0 Å². The maximum absolute atomic E-state index is 2.31. The van der Waals surface area contributed by atoms with Crippen LogP contribution in [0.5, 0.6) is 0 Å². The van der Waals surface area contributed by atoms with Gasteiger partial charge in [-0.3, -0.25) is 0 Å². The monoisotopic (exact) mass is 201 g/mol. The summed E-state index contributed by atoms with van der Waals surface area (Å²) in [6.07, 6.45) is 2.40. The number of aromatic nitrogens is 1. The maximum atomic E-state index is 2.31. The summed E-state index contributed by atoms with van der Waals surface area (Å²) in [6, 6.07) is 6.74. The van der Waals surface area contributed by atoms with Gasteiger partial charge in [0.05, 0.1) is 0 Å². The minimum Gasteiger partial charge on any atom is -0.348 e. The Labute approximate surface area is 91.7 Å². The molecule has 80 valence electrons. The van der Waals surface area contributed by atoms with E-state index >= 15 is 0 Å². The molecule has 1 nitrogen and oxygen atoms in total. The van der Waals surface area contributed by atoms with Gasteiger partial charge in [-0.1, -0.05) is 25.0 Å². The van der Waals surface area contributed by atoms with Gasteiger partial charge in [0.15, 0.2) is 0 Å². The van der Waals surface area contributed by atoms with Gasteiger partial charge in [-0.15, -0.1) is 0 Å². The van der Waals surface area contributed by atoms with E-state index in [0.717, 1.165) is 0 Å². The smallest absolute Gasteiger partial charge is 0.0482 e. The molecule has 0 saturated heterocycles. The van der Waals surface area contributed by atoms with Crippen LogP contribution in [0, 0.1) is 13.8 Å². The van der Waals surface area contributed by atoms with E-state index in [1.54, 1.807) is 0 Å². The van der Waals surface area contributed by atoms with Gasteiger partial charge in [-0.2, -0.15) is 0 Å². The Hall–Kier alpha value is -1.24. The van der Waals surface area contributed by atoms with Gasteiger partial charge >= 0.3 is 0 Å². The molecule has 2 aromatic rings. The zero-order valence-electron chi connectivity index (χ0n) is 10.1. The van der Waals surface area contributed by atoms with Crippen molar-refractivity contribution in [3.8, 4) is 0 Å². The van der Waals surface area contributed by atoms with Crippen LogP contribution in [0.4, 0.5) is 0 Å². The van der Waals surface area contributed by atoms with Crippen LogP contribution in [-0.2, 0) is 13.5 Å². The van der Waals surface area contributed by atoms with Crippen LogP contribution >= 0.6 is 0 Å². The van der Waals surface area contributed by atoms with Gasteiger partial charge in [0.25, 0.3) is 0 Å². The molecule has 0 amide bonds. The largest absolute Gasteiger partial charge is 0.348 e. The first kappa shape index (κ1) is 10.3. The van der Waals surface area contributed by atoms with Gasteiger partial charge in [0, 0.05) is 23.6 Å². The zero-order valence-corrected chi connectivity index (χ0v) is 10.1. The first-order valence-electron chi connectivity index (χ1n) is 5.69. The molecule has 1 heterocycles. The fraction of sp³-hybridized carbons (Fsp3) is 0.429. The predicted octanol–water partition coefficient (Wildman–Crippen LogP) is 3.75. The summed E-state index contributed by atoms with van der Waals surface area (Å²) >= 11 is 0. The Bertz CT molecular complexity index is 491. The SMILES string of the molecule is CCCc1c(C)n(C)c2ccc(C)cc12. The summed E-state index contributed by atoms with van der Waals surface area (Å²) in [5.41, 5.74) is 5.66. The first-order valence-corrected chi connectivity index (χ1v) is 5.69. The van der Waals surface area contributed by atoms with Crippen LogP contribution in [0.2, 0.25) is 0 Å². The lowest BCUT2D eigenvalue weighted by Gasteiger charge is -1.99. The Morgan fingerprint density at radius 1 is 1.20 bits per heavy atom. The number of fused-ring (bicyclic) bond motifs is 1. The molecular formula is C14H19N. The summed E-state index contributed by atoms with van der Waals surface area (Å²) in [5.74, 6) is 0. The van der Waals surface area contributed by atoms with Crippen molar-refractivity contribution in [2.24, 2.45) is 7.05 Å². The molecule has 1 aromatic heterocycles. The summed E-state index contributed by atoms with van der Waals surface area (Å²) in [4.78, 5) is 0. The highest BCUT2D eigenvalue weighted by molar-refractivity contribution is 5.86. The lowest BCUT2D eigenvalue weighted by molar-refractivity contribution is 0.866. The highest BCUT2D eigenvalue weighted by Crippen LogP contribution is 2.26. The van der Waals surface area contributed by atoms with Crippen LogP contribution in [0.1, 0.15) is 30.2 Å². The first-order chi connectivity index (χ1) is 7.15. The summed E-state index contributed by atoms with van der Waals surface area (Å²) in [5, 5.41) is 1.44. The number of benzene rings is 1. The fourth-order valence-electron chi connectivity index (χ4n) is 2.33. The van der Waals surface area contributed by atoms with Crippen molar-refractivity contribution in [2.45, 2.75) is 33.6 Å². The molecular weight excluding hydrogens is 182 g/mol. The van der Waals surface area contributed by atoms with Gasteiger partial charge in [0.2, 0.25) is 0 Å². The molecule has 2 rings (SSSR count). The zero-order chi connectivity index (χ0) is 11.0. The van der Waals surface area contributed by atoms with E-state index in [9.17, 15) is 0 Å². The second-order valence-corrected chi connectivity index (χ2v) is 4.39. The topological polar surface area (TPSA) is 4.93 Å². The highest BCUT2D eigenvalue weighted by Gasteiger charge is 2.10. The number of aryl methyl sites for hydroxylation is 3. The van der Waals surface area contributed by atoms with Crippen LogP contribution < -0.4 is 0 Å². The minimum atomic E-state index is 1.19. The van der Waals surface area contributed by atoms with E-state index in [-0.39, 0.29) is 0 Å². The molecule has 0 aliphatic heterocycles. The van der Waals surface area contributed by atoms with E-state index in [2.05, 4.69) is 50.6 Å².